The first-order valence-corrected chi connectivity index (χ1v) is 5.46. The van der Waals surface area contributed by atoms with Crippen molar-refractivity contribution in [2.24, 2.45) is 0 Å². The van der Waals surface area contributed by atoms with Crippen LogP contribution in [0.4, 0.5) is 0 Å². The summed E-state index contributed by atoms with van der Waals surface area (Å²) in [5, 5.41) is 2.83. The molecule has 15 heavy (non-hydrogen) atoms. The first-order valence-electron chi connectivity index (χ1n) is 5.46. The van der Waals surface area contributed by atoms with Gasteiger partial charge in [-0.15, -0.1) is 0 Å². The molecule has 0 spiro atoms. The van der Waals surface area contributed by atoms with Crippen LogP contribution in [0.25, 0.3) is 0 Å². The van der Waals surface area contributed by atoms with Gasteiger partial charge in [0, 0.05) is 19.0 Å². The van der Waals surface area contributed by atoms with Crippen LogP contribution >= 0.6 is 0 Å². The van der Waals surface area contributed by atoms with Gasteiger partial charge < -0.3 is 5.32 Å². The number of nitrogens with one attached hydrogen (secondary N) is 1. The van der Waals surface area contributed by atoms with E-state index in [9.17, 15) is 9.59 Å². The Morgan fingerprint density at radius 3 is 2.33 bits per heavy atom. The molecule has 0 bridgehead atoms. The van der Waals surface area contributed by atoms with Crippen LogP contribution in [-0.2, 0) is 9.59 Å². The maximum Gasteiger partial charge on any atom is 0.234 e. The zero-order valence-electron chi connectivity index (χ0n) is 10.2. The molecule has 0 fully saturated rings. The Labute approximate surface area is 92.0 Å². The largest absolute Gasteiger partial charge is 0.353 e. The van der Waals surface area contributed by atoms with Crippen LogP contribution in [0.15, 0.2) is 0 Å². The first kappa shape index (κ1) is 14.1. The molecular weight excluding hydrogens is 192 g/mol. The molecule has 0 heterocycles. The van der Waals surface area contributed by atoms with Crippen LogP contribution < -0.4 is 5.32 Å². The van der Waals surface area contributed by atoms with Crippen LogP contribution in [0.3, 0.4) is 0 Å². The van der Waals surface area contributed by atoms with E-state index in [1.807, 2.05) is 25.7 Å². The molecule has 0 rings (SSSR count). The minimum Gasteiger partial charge on any atom is -0.353 e. The van der Waals surface area contributed by atoms with Gasteiger partial charge in [-0.25, -0.2) is 0 Å². The predicted octanol–water partition coefficient (Wildman–Crippen LogP) is 0.812. The third kappa shape index (κ3) is 8.12. The molecule has 0 atom stereocenters. The number of hydrogen-bond donors (Lipinski definition) is 1. The van der Waals surface area contributed by atoms with E-state index >= 15 is 0 Å². The maximum absolute atomic E-state index is 11.4. The van der Waals surface area contributed by atoms with Crippen LogP contribution in [0.1, 0.15) is 34.1 Å². The molecule has 0 aromatic heterocycles. The molecule has 0 radical (unpaired) electrons. The molecule has 88 valence electrons. The molecule has 0 aliphatic heterocycles. The summed E-state index contributed by atoms with van der Waals surface area (Å²) in [6.07, 6.45) is 0.517. The van der Waals surface area contributed by atoms with E-state index in [1.54, 1.807) is 6.92 Å². The lowest BCUT2D eigenvalue weighted by Crippen LogP contribution is -2.40. The zero-order chi connectivity index (χ0) is 11.8. The molecule has 0 aromatic rings. The second-order valence-corrected chi connectivity index (χ2v) is 4.04. The minimum atomic E-state index is 0.0235. The Morgan fingerprint density at radius 2 is 1.93 bits per heavy atom. The standard InChI is InChI=1S/C11H22N2O2/c1-5-13(7-6-10(4)14)8-11(15)12-9(2)3/h9H,5-8H2,1-4H3,(H,12,15). The van der Waals surface area contributed by atoms with E-state index in [0.717, 1.165) is 6.54 Å². The smallest absolute Gasteiger partial charge is 0.234 e. The number of nitrogens with zero attached hydrogens (tertiary/aromatic N) is 1. The monoisotopic (exact) mass is 214 g/mol. The van der Waals surface area contributed by atoms with Crippen molar-refractivity contribution in [3.8, 4) is 0 Å². The molecule has 0 saturated heterocycles. The molecule has 1 amide bonds. The second kappa shape index (κ2) is 7.40. The quantitative estimate of drug-likeness (QED) is 0.682. The first-order chi connectivity index (χ1) is 6.95. The fourth-order valence-electron chi connectivity index (χ4n) is 1.24. The molecule has 4 heteroatoms. The highest BCUT2D eigenvalue weighted by Gasteiger charge is 2.10. The highest BCUT2D eigenvalue weighted by Crippen LogP contribution is 1.92. The van der Waals surface area contributed by atoms with E-state index in [-0.39, 0.29) is 17.7 Å². The van der Waals surface area contributed by atoms with Crippen LogP contribution in [0.2, 0.25) is 0 Å². The lowest BCUT2D eigenvalue weighted by Gasteiger charge is -2.19. The summed E-state index contributed by atoms with van der Waals surface area (Å²) < 4.78 is 0. The molecule has 0 unspecified atom stereocenters. The summed E-state index contributed by atoms with van der Waals surface area (Å²) in [7, 11) is 0. The van der Waals surface area contributed by atoms with E-state index in [2.05, 4.69) is 5.32 Å². The van der Waals surface area contributed by atoms with Gasteiger partial charge in [0.1, 0.15) is 5.78 Å². The zero-order valence-corrected chi connectivity index (χ0v) is 10.2. The van der Waals surface area contributed by atoms with Crippen molar-refractivity contribution in [2.75, 3.05) is 19.6 Å². The van der Waals surface area contributed by atoms with Crippen molar-refractivity contribution in [1.82, 2.24) is 10.2 Å². The van der Waals surface area contributed by atoms with Crippen LogP contribution in [0.5, 0.6) is 0 Å². The Kier molecular flexibility index (Phi) is 6.96. The van der Waals surface area contributed by atoms with Gasteiger partial charge in [-0.3, -0.25) is 14.5 Å². The van der Waals surface area contributed by atoms with E-state index < -0.39 is 0 Å². The Morgan fingerprint density at radius 1 is 1.33 bits per heavy atom. The van der Waals surface area contributed by atoms with Crippen molar-refractivity contribution in [3.05, 3.63) is 0 Å². The van der Waals surface area contributed by atoms with Gasteiger partial charge in [-0.05, 0) is 27.3 Å². The van der Waals surface area contributed by atoms with E-state index in [0.29, 0.717) is 19.5 Å². The number of ketones is 1. The van der Waals surface area contributed by atoms with Gasteiger partial charge in [0.15, 0.2) is 0 Å². The number of rotatable bonds is 7. The van der Waals surface area contributed by atoms with Crippen molar-refractivity contribution in [2.45, 2.75) is 40.2 Å². The number of carbonyl (C=O) groups excluding carboxylic acids is 2. The van der Waals surface area contributed by atoms with Crippen molar-refractivity contribution in [1.29, 1.82) is 0 Å². The third-order valence-corrected chi connectivity index (χ3v) is 2.04. The van der Waals surface area contributed by atoms with Crippen LogP contribution in [0, 0.1) is 0 Å². The molecule has 4 nitrogen and oxygen atoms in total. The third-order valence-electron chi connectivity index (χ3n) is 2.04. The maximum atomic E-state index is 11.4. The van der Waals surface area contributed by atoms with E-state index in [4.69, 9.17) is 0 Å². The van der Waals surface area contributed by atoms with Crippen molar-refractivity contribution < 1.29 is 9.59 Å². The summed E-state index contributed by atoms with van der Waals surface area (Å²) in [4.78, 5) is 24.2. The highest BCUT2D eigenvalue weighted by molar-refractivity contribution is 5.78. The number of Topliss-reactive ketones (excluding diaryl/α,β-unsaturated/α-hetero) is 1. The Balaban J connectivity index is 3.87. The number of amides is 1. The second-order valence-electron chi connectivity index (χ2n) is 4.04. The normalized spacial score (nSPS) is 10.8. The van der Waals surface area contributed by atoms with Gasteiger partial charge >= 0.3 is 0 Å². The van der Waals surface area contributed by atoms with Gasteiger partial charge in [-0.1, -0.05) is 6.92 Å². The summed E-state index contributed by atoms with van der Waals surface area (Å²) in [6, 6.07) is 0.170. The lowest BCUT2D eigenvalue weighted by molar-refractivity contribution is -0.123. The fraction of sp³-hybridized carbons (Fsp3) is 0.818. The van der Waals surface area contributed by atoms with Gasteiger partial charge in [0.2, 0.25) is 5.91 Å². The van der Waals surface area contributed by atoms with E-state index in [1.165, 1.54) is 0 Å². The topological polar surface area (TPSA) is 49.4 Å². The minimum absolute atomic E-state index is 0.0235. The molecule has 0 aromatic carbocycles. The van der Waals surface area contributed by atoms with Crippen molar-refractivity contribution in [3.63, 3.8) is 0 Å². The lowest BCUT2D eigenvalue weighted by atomic mass is 10.3. The summed E-state index contributed by atoms with van der Waals surface area (Å²) in [6.45, 7) is 9.26. The summed E-state index contributed by atoms with van der Waals surface area (Å²) in [5.74, 6) is 0.188. The van der Waals surface area contributed by atoms with Gasteiger partial charge in [0.25, 0.3) is 0 Å². The number of carbonyl (C=O) groups is 2. The number of hydrogen-bond acceptors (Lipinski definition) is 3. The fourth-order valence-corrected chi connectivity index (χ4v) is 1.24. The SMILES string of the molecule is CCN(CCC(C)=O)CC(=O)NC(C)C. The van der Waals surface area contributed by atoms with Gasteiger partial charge in [0.05, 0.1) is 6.54 Å². The molecule has 1 N–H and O–H groups in total. The Bertz CT molecular complexity index is 215. The Hall–Kier alpha value is -0.900. The van der Waals surface area contributed by atoms with Crippen molar-refractivity contribution >= 4 is 11.7 Å². The highest BCUT2D eigenvalue weighted by atomic mass is 16.2. The molecule has 0 saturated carbocycles. The van der Waals surface area contributed by atoms with Crippen LogP contribution in [-0.4, -0.2) is 42.3 Å². The molecular formula is C11H22N2O2. The van der Waals surface area contributed by atoms with Gasteiger partial charge in [-0.2, -0.15) is 0 Å². The summed E-state index contributed by atoms with van der Waals surface area (Å²) >= 11 is 0. The average molecular weight is 214 g/mol. The average Bonchev–Trinajstić information content (AvgIpc) is 2.10. The molecule has 0 aliphatic rings. The predicted molar refractivity (Wildman–Crippen MR) is 60.7 cm³/mol. The molecule has 0 aliphatic carbocycles. The summed E-state index contributed by atoms with van der Waals surface area (Å²) in [5.41, 5.74) is 0. The number of likely N-dealkylation sites (N-methyl/N-ethyl adjacent to an activating group) is 1.